The lowest BCUT2D eigenvalue weighted by atomic mass is 9.97. The number of aromatic nitrogens is 1. The van der Waals surface area contributed by atoms with Gasteiger partial charge in [-0.15, -0.1) is 0 Å². The zero-order valence-electron chi connectivity index (χ0n) is 10.9. The van der Waals surface area contributed by atoms with E-state index in [0.29, 0.717) is 12.8 Å². The second-order valence-electron chi connectivity index (χ2n) is 4.83. The van der Waals surface area contributed by atoms with E-state index >= 15 is 0 Å². The molecule has 1 N–H and O–H groups in total. The number of nitrogens with zero attached hydrogens (tertiary/aromatic N) is 2. The quantitative estimate of drug-likeness (QED) is 0.907. The number of carboxylic acid groups (broad SMARTS) is 1. The summed E-state index contributed by atoms with van der Waals surface area (Å²) in [7, 11) is 0. The number of carboxylic acids is 1. The van der Waals surface area contributed by atoms with E-state index < -0.39 is 35.2 Å². The number of hydrogen-bond donors (Lipinski definition) is 1. The first-order chi connectivity index (χ1) is 9.80. The number of aliphatic carboxylic acids is 1. The Hall–Kier alpha value is -2.12. The van der Waals surface area contributed by atoms with Crippen LogP contribution < -0.4 is 0 Å². The third kappa shape index (κ3) is 3.32. The molecule has 21 heavy (non-hydrogen) atoms. The minimum absolute atomic E-state index is 0.0952. The molecule has 1 amide bonds. The summed E-state index contributed by atoms with van der Waals surface area (Å²) in [6, 6.07) is 1.90. The highest BCUT2D eigenvalue weighted by Gasteiger charge is 2.38. The molecule has 1 aliphatic rings. The predicted molar refractivity (Wildman–Crippen MR) is 65.5 cm³/mol. The molecule has 1 aromatic rings. The van der Waals surface area contributed by atoms with E-state index in [2.05, 4.69) is 4.98 Å². The molecule has 114 valence electrons. The van der Waals surface area contributed by atoms with E-state index in [4.69, 9.17) is 5.11 Å². The zero-order chi connectivity index (χ0) is 15.6. The smallest absolute Gasteiger partial charge is 0.418 e. The van der Waals surface area contributed by atoms with Crippen LogP contribution in [-0.4, -0.2) is 40.0 Å². The van der Waals surface area contributed by atoms with Crippen molar-refractivity contribution >= 4 is 11.9 Å². The maximum Gasteiger partial charge on any atom is 0.418 e. The number of likely N-dealkylation sites (tertiary alicyclic amines) is 1. The van der Waals surface area contributed by atoms with Gasteiger partial charge in [0.15, 0.2) is 0 Å². The van der Waals surface area contributed by atoms with Crippen molar-refractivity contribution in [3.63, 3.8) is 0 Å². The molecule has 0 bridgehead atoms. The Balaban J connectivity index is 2.26. The highest BCUT2D eigenvalue weighted by molar-refractivity contribution is 5.94. The molecule has 0 spiro atoms. The first-order valence-electron chi connectivity index (χ1n) is 6.35. The monoisotopic (exact) mass is 302 g/mol. The lowest BCUT2D eigenvalue weighted by Gasteiger charge is -2.30. The SMILES string of the molecule is O=C(O)C1CCCN(C(=O)c2ncccc2C(F)(F)F)C1. The molecule has 1 aromatic heterocycles. The summed E-state index contributed by atoms with van der Waals surface area (Å²) in [5, 5.41) is 8.96. The molecule has 0 saturated carbocycles. The molecule has 5 nitrogen and oxygen atoms in total. The first-order valence-corrected chi connectivity index (χ1v) is 6.35. The normalized spacial score (nSPS) is 19.4. The van der Waals surface area contributed by atoms with Crippen LogP contribution in [0.2, 0.25) is 0 Å². The standard InChI is InChI=1S/C13H13F3N2O3/c14-13(15,16)9-4-1-5-17-10(9)11(19)18-6-2-3-8(7-18)12(20)21/h1,4-5,8H,2-3,6-7H2,(H,20,21). The third-order valence-electron chi connectivity index (χ3n) is 3.37. The van der Waals surface area contributed by atoms with Gasteiger partial charge in [0.05, 0.1) is 11.5 Å². The summed E-state index contributed by atoms with van der Waals surface area (Å²) in [6.45, 7) is 0.137. The molecule has 8 heteroatoms. The molecule has 1 saturated heterocycles. The lowest BCUT2D eigenvalue weighted by Crippen LogP contribution is -2.43. The highest BCUT2D eigenvalue weighted by atomic mass is 19.4. The predicted octanol–water partition coefficient (Wildman–Crippen LogP) is 2.04. The summed E-state index contributed by atoms with van der Waals surface area (Å²) in [6.07, 6.45) is -2.72. The summed E-state index contributed by atoms with van der Waals surface area (Å²) < 4.78 is 38.6. The van der Waals surface area contributed by atoms with Crippen LogP contribution in [0.15, 0.2) is 18.3 Å². The van der Waals surface area contributed by atoms with E-state index in [0.717, 1.165) is 23.2 Å². The van der Waals surface area contributed by atoms with Gasteiger partial charge >= 0.3 is 12.1 Å². The van der Waals surface area contributed by atoms with Gasteiger partial charge in [-0.25, -0.2) is 0 Å². The molecule has 2 heterocycles. The molecule has 2 rings (SSSR count). The Morgan fingerprint density at radius 2 is 2.10 bits per heavy atom. The Morgan fingerprint density at radius 3 is 2.71 bits per heavy atom. The molecule has 1 atom stereocenters. The van der Waals surface area contributed by atoms with Gasteiger partial charge in [-0.05, 0) is 25.0 Å². The van der Waals surface area contributed by atoms with E-state index in [1.54, 1.807) is 0 Å². The molecule has 1 unspecified atom stereocenters. The number of alkyl halides is 3. The molecule has 0 aromatic carbocycles. The summed E-state index contributed by atoms with van der Waals surface area (Å²) in [5.41, 5.74) is -1.79. The minimum Gasteiger partial charge on any atom is -0.481 e. The molecular weight excluding hydrogens is 289 g/mol. The molecule has 1 fully saturated rings. The number of carbonyl (C=O) groups is 2. The van der Waals surface area contributed by atoms with Crippen LogP contribution in [0.1, 0.15) is 28.9 Å². The maximum absolute atomic E-state index is 12.9. The number of halogens is 3. The average Bonchev–Trinajstić information content (AvgIpc) is 2.45. The number of hydrogen-bond acceptors (Lipinski definition) is 3. The third-order valence-corrected chi connectivity index (χ3v) is 3.37. The zero-order valence-corrected chi connectivity index (χ0v) is 10.9. The van der Waals surface area contributed by atoms with Crippen LogP contribution >= 0.6 is 0 Å². The molecule has 1 aliphatic heterocycles. The van der Waals surface area contributed by atoms with Gasteiger partial charge < -0.3 is 10.0 Å². The molecule has 0 aliphatic carbocycles. The topological polar surface area (TPSA) is 70.5 Å². The van der Waals surface area contributed by atoms with Gasteiger partial charge in [0, 0.05) is 19.3 Å². The van der Waals surface area contributed by atoms with Gasteiger partial charge in [-0.2, -0.15) is 13.2 Å². The van der Waals surface area contributed by atoms with E-state index in [1.165, 1.54) is 0 Å². The van der Waals surface area contributed by atoms with Gasteiger partial charge in [0.2, 0.25) is 0 Å². The number of piperidine rings is 1. The summed E-state index contributed by atoms with van der Waals surface area (Å²) >= 11 is 0. The Kier molecular flexibility index (Phi) is 4.15. The Labute approximate surface area is 118 Å². The largest absolute Gasteiger partial charge is 0.481 e. The number of pyridine rings is 1. The Bertz CT molecular complexity index is 560. The average molecular weight is 302 g/mol. The minimum atomic E-state index is -4.68. The van der Waals surface area contributed by atoms with Crippen LogP contribution in [0, 0.1) is 5.92 Å². The maximum atomic E-state index is 12.9. The van der Waals surface area contributed by atoms with Crippen molar-refractivity contribution in [3.8, 4) is 0 Å². The van der Waals surface area contributed by atoms with E-state index in [9.17, 15) is 22.8 Å². The van der Waals surface area contributed by atoms with Crippen LogP contribution in [-0.2, 0) is 11.0 Å². The van der Waals surface area contributed by atoms with E-state index in [1.807, 2.05) is 0 Å². The Morgan fingerprint density at radius 1 is 1.38 bits per heavy atom. The second-order valence-corrected chi connectivity index (χ2v) is 4.83. The lowest BCUT2D eigenvalue weighted by molar-refractivity contribution is -0.143. The molecular formula is C13H13F3N2O3. The van der Waals surface area contributed by atoms with Gasteiger partial charge in [0.1, 0.15) is 5.69 Å². The van der Waals surface area contributed by atoms with Crippen molar-refractivity contribution in [1.82, 2.24) is 9.88 Å². The van der Waals surface area contributed by atoms with Crippen molar-refractivity contribution in [2.45, 2.75) is 19.0 Å². The summed E-state index contributed by atoms with van der Waals surface area (Å²) in [5.74, 6) is -2.68. The fourth-order valence-corrected chi connectivity index (χ4v) is 2.32. The van der Waals surface area contributed by atoms with Gasteiger partial charge in [0.25, 0.3) is 5.91 Å². The van der Waals surface area contributed by atoms with Crippen molar-refractivity contribution in [1.29, 1.82) is 0 Å². The summed E-state index contributed by atoms with van der Waals surface area (Å²) in [4.78, 5) is 27.8. The fraction of sp³-hybridized carbons (Fsp3) is 0.462. The van der Waals surface area contributed by atoms with Crippen molar-refractivity contribution in [3.05, 3.63) is 29.6 Å². The van der Waals surface area contributed by atoms with Crippen LogP contribution in [0.5, 0.6) is 0 Å². The number of amides is 1. The first kappa shape index (κ1) is 15.3. The second kappa shape index (κ2) is 5.71. The molecule has 0 radical (unpaired) electrons. The number of carbonyl (C=O) groups excluding carboxylic acids is 1. The highest BCUT2D eigenvalue weighted by Crippen LogP contribution is 2.32. The van der Waals surface area contributed by atoms with Gasteiger partial charge in [-0.3, -0.25) is 14.6 Å². The number of rotatable bonds is 2. The van der Waals surface area contributed by atoms with Crippen molar-refractivity contribution < 1.29 is 27.9 Å². The van der Waals surface area contributed by atoms with Crippen LogP contribution in [0.4, 0.5) is 13.2 Å². The van der Waals surface area contributed by atoms with Crippen molar-refractivity contribution in [2.24, 2.45) is 5.92 Å². The van der Waals surface area contributed by atoms with Gasteiger partial charge in [-0.1, -0.05) is 0 Å². The van der Waals surface area contributed by atoms with Crippen LogP contribution in [0.3, 0.4) is 0 Å². The van der Waals surface area contributed by atoms with E-state index in [-0.39, 0.29) is 13.1 Å². The van der Waals surface area contributed by atoms with Crippen LogP contribution in [0.25, 0.3) is 0 Å². The van der Waals surface area contributed by atoms with Crippen molar-refractivity contribution in [2.75, 3.05) is 13.1 Å². The fourth-order valence-electron chi connectivity index (χ4n) is 2.32.